The van der Waals surface area contributed by atoms with Crippen LogP contribution >= 0.6 is 33.4 Å². The van der Waals surface area contributed by atoms with Crippen LogP contribution in [0.5, 0.6) is 0 Å². The highest BCUT2D eigenvalue weighted by molar-refractivity contribution is 7.51. The summed E-state index contributed by atoms with van der Waals surface area (Å²) in [5.41, 5.74) is 0. The Hall–Kier alpha value is 0.470. The zero-order valence-corrected chi connectivity index (χ0v) is 20.1. The number of ether oxygens (including phenoxy) is 1. The molecule has 0 N–H and O–H groups in total. The first-order chi connectivity index (χ1) is 14.5. The average molecular weight is 542 g/mol. The number of hydrogen-bond acceptors (Lipinski definition) is 16. The van der Waals surface area contributed by atoms with Crippen molar-refractivity contribution in [1.29, 1.82) is 0 Å². The Bertz CT molecular complexity index is 604. The summed E-state index contributed by atoms with van der Waals surface area (Å²) >= 11 is 0. The van der Waals surface area contributed by atoms with Crippen LogP contribution in [0.1, 0.15) is 39.5 Å². The van der Waals surface area contributed by atoms with Gasteiger partial charge in [-0.1, -0.05) is 6.92 Å². The molecule has 3 unspecified atom stereocenters. The van der Waals surface area contributed by atoms with Crippen molar-refractivity contribution < 1.29 is 77.0 Å². The summed E-state index contributed by atoms with van der Waals surface area (Å²) in [4.78, 5) is 102. The second-order valence-corrected chi connectivity index (χ2v) is 10.1. The highest BCUT2D eigenvalue weighted by Gasteiger charge is 2.42. The van der Waals surface area contributed by atoms with E-state index in [0.717, 1.165) is 13.8 Å². The fraction of sp³-hybridized carbons (Fsp3) is 0.917. The van der Waals surface area contributed by atoms with E-state index >= 15 is 0 Å². The molecule has 0 aromatic heterocycles. The molecule has 20 heteroatoms. The highest BCUT2D eigenvalue weighted by Crippen LogP contribution is 2.55. The van der Waals surface area contributed by atoms with Crippen molar-refractivity contribution in [2.75, 3.05) is 6.79 Å². The summed E-state index contributed by atoms with van der Waals surface area (Å²) in [5, 5.41) is 19.2. The first kappa shape index (κ1) is 32.5. The van der Waals surface area contributed by atoms with E-state index in [1.54, 1.807) is 0 Å². The van der Waals surface area contributed by atoms with Gasteiger partial charge in [0.15, 0.2) is 5.79 Å². The number of rotatable bonds is 17. The van der Waals surface area contributed by atoms with E-state index in [1.165, 1.54) is 0 Å². The summed E-state index contributed by atoms with van der Waals surface area (Å²) < 4.78 is 29.4. The van der Waals surface area contributed by atoms with Crippen LogP contribution in [0.25, 0.3) is 0 Å². The molecule has 0 saturated carbocycles. The van der Waals surface area contributed by atoms with Gasteiger partial charge in [0.05, 0.1) is 11.4 Å². The lowest BCUT2D eigenvalue weighted by atomic mass is 9.90. The Kier molecular flexibility index (Phi) is 14.3. The summed E-state index contributed by atoms with van der Waals surface area (Å²) in [7, 11) is -17.8. The van der Waals surface area contributed by atoms with Crippen molar-refractivity contribution in [1.82, 2.24) is 0 Å². The maximum Gasteiger partial charge on any atom is 0.172 e. The summed E-state index contributed by atoms with van der Waals surface area (Å²) in [6, 6.07) is 0. The van der Waals surface area contributed by atoms with Crippen LogP contribution in [0.2, 0.25) is 0 Å². The van der Waals surface area contributed by atoms with Crippen LogP contribution in [-0.2, 0) is 27.7 Å². The maximum absolute atomic E-state index is 11.7. The lowest BCUT2D eigenvalue weighted by molar-refractivity contribution is -0.438. The standard InChI is InChI=1S/C12H21O16P4/c1-3-12(28-31(20)21,32(22,23)24)6-9(10(14)15)5-11(26-29(16)17,27-30(18)19)4-8(2)25-7-13/h8-9H,3-7H2,1-2H3,(H,14,15)(H2,22,23,24)/q-7/p-3. The largest absolute Gasteiger partial charge is 0.834 e. The fourth-order valence-corrected chi connectivity index (χ4v) is 5.76. The molecular weight excluding hydrogens is 524 g/mol. The van der Waals surface area contributed by atoms with Crippen LogP contribution in [0.3, 0.4) is 0 Å². The molecule has 0 heterocycles. The molecule has 0 aromatic rings. The van der Waals surface area contributed by atoms with Crippen LogP contribution in [0.4, 0.5) is 0 Å². The molecule has 0 radical (unpaired) electrons. The molecule has 192 valence electrons. The predicted molar refractivity (Wildman–Crippen MR) is 85.1 cm³/mol. The van der Waals surface area contributed by atoms with Crippen LogP contribution in [-0.4, -0.2) is 30.0 Å². The minimum atomic E-state index is -6.00. The zero-order valence-electron chi connectivity index (χ0n) is 16.5. The number of hydrogen-bond donors (Lipinski definition) is 0. The van der Waals surface area contributed by atoms with Gasteiger partial charge in [-0.3, -0.25) is 0 Å². The molecule has 0 aromatic carbocycles. The lowest BCUT2D eigenvalue weighted by Gasteiger charge is -2.55. The molecule has 16 nitrogen and oxygen atoms in total. The topological polar surface area (TPSA) is 302 Å². The average Bonchev–Trinajstić information content (AvgIpc) is 2.57. The quantitative estimate of drug-likeness (QED) is 0.122. The van der Waals surface area contributed by atoms with Crippen LogP contribution in [0.15, 0.2) is 0 Å². The van der Waals surface area contributed by atoms with E-state index in [0.29, 0.717) is 0 Å². The van der Waals surface area contributed by atoms with Crippen LogP contribution in [0, 0.1) is 5.92 Å². The van der Waals surface area contributed by atoms with E-state index in [9.17, 15) is 58.7 Å². The second-order valence-electron chi connectivity index (χ2n) is 6.38. The van der Waals surface area contributed by atoms with Gasteiger partial charge in [-0.2, -0.15) is 25.8 Å². The van der Waals surface area contributed by atoms with E-state index in [2.05, 4.69) is 18.3 Å². The Labute approximate surface area is 186 Å². The van der Waals surface area contributed by atoms with E-state index in [-0.39, 0.29) is 0 Å². The SMILES string of the molecule is CCC(CC(CC(CC(C)OC[O-])(OP([O-])[O-])OP([O-])[O-])C(=O)[O-])(OP([O-])[O-])P(=O)([O-])[O-]. The fourth-order valence-electron chi connectivity index (χ4n) is 2.87. The second kappa shape index (κ2) is 14.1. The summed E-state index contributed by atoms with van der Waals surface area (Å²) in [6.07, 6.45) is -5.72. The van der Waals surface area contributed by atoms with E-state index in [4.69, 9.17) is 0 Å². The van der Waals surface area contributed by atoms with Crippen molar-refractivity contribution in [3.05, 3.63) is 0 Å². The van der Waals surface area contributed by atoms with Gasteiger partial charge in [-0.25, -0.2) is 0 Å². The van der Waals surface area contributed by atoms with Gasteiger partial charge < -0.3 is 77.0 Å². The molecule has 0 fully saturated rings. The highest BCUT2D eigenvalue weighted by atomic mass is 31.2. The number of carboxylic acid groups (broad SMARTS) is 1. The predicted octanol–water partition coefficient (Wildman–Crippen LogP) is -7.15. The number of carbonyl (C=O) groups excluding carboxylic acids is 1. The third-order valence-corrected chi connectivity index (χ3v) is 7.38. The van der Waals surface area contributed by atoms with Gasteiger partial charge in [0.2, 0.25) is 0 Å². The Morgan fingerprint density at radius 2 is 1.41 bits per heavy atom. The molecule has 0 saturated heterocycles. The van der Waals surface area contributed by atoms with Gasteiger partial charge in [-0.05, 0) is 34.2 Å². The first-order valence-electron chi connectivity index (χ1n) is 8.46. The smallest absolute Gasteiger partial charge is 0.172 e. The Morgan fingerprint density at radius 1 is 0.938 bits per heavy atom. The third kappa shape index (κ3) is 10.8. The van der Waals surface area contributed by atoms with Crippen LogP contribution < -0.4 is 49.4 Å². The Balaban J connectivity index is 6.32. The molecular formula is C12H18O16P4-10. The molecule has 0 bridgehead atoms. The molecule has 0 rings (SSSR count). The minimum Gasteiger partial charge on any atom is -0.834 e. The monoisotopic (exact) mass is 542 g/mol. The molecule has 0 aliphatic rings. The van der Waals surface area contributed by atoms with Gasteiger partial charge in [0.1, 0.15) is 0 Å². The molecule has 0 aliphatic carbocycles. The number of aliphatic carboxylic acids is 1. The summed E-state index contributed by atoms with van der Waals surface area (Å²) in [5.74, 6) is -7.29. The lowest BCUT2D eigenvalue weighted by Crippen LogP contribution is -2.50. The summed E-state index contributed by atoms with van der Waals surface area (Å²) in [6.45, 7) is 0.961. The van der Waals surface area contributed by atoms with Crippen molar-refractivity contribution >= 4 is 39.4 Å². The maximum atomic E-state index is 11.7. The third-order valence-electron chi connectivity index (χ3n) is 4.18. The van der Waals surface area contributed by atoms with Gasteiger partial charge >= 0.3 is 0 Å². The van der Waals surface area contributed by atoms with Gasteiger partial charge in [0.25, 0.3) is 0 Å². The number of carboxylic acids is 1. The van der Waals surface area contributed by atoms with Crippen molar-refractivity contribution in [3.8, 4) is 0 Å². The molecule has 0 aliphatic heterocycles. The van der Waals surface area contributed by atoms with Crippen molar-refractivity contribution in [2.24, 2.45) is 5.92 Å². The molecule has 3 atom stereocenters. The van der Waals surface area contributed by atoms with E-state index < -0.39 is 95.0 Å². The zero-order chi connectivity index (χ0) is 25.3. The Morgan fingerprint density at radius 3 is 1.72 bits per heavy atom. The van der Waals surface area contributed by atoms with Crippen molar-refractivity contribution in [2.45, 2.75) is 56.8 Å². The van der Waals surface area contributed by atoms with Crippen molar-refractivity contribution in [3.63, 3.8) is 0 Å². The molecule has 0 spiro atoms. The normalized spacial score (nSPS) is 17.1. The van der Waals surface area contributed by atoms with Gasteiger partial charge in [0, 0.05) is 24.7 Å². The van der Waals surface area contributed by atoms with Gasteiger partial charge in [-0.15, -0.1) is 0 Å². The number of carbonyl (C=O) groups is 1. The van der Waals surface area contributed by atoms with E-state index in [1.807, 2.05) is 0 Å². The molecule has 0 amide bonds. The minimum absolute atomic E-state index is 0.861. The molecule has 32 heavy (non-hydrogen) atoms. The first-order valence-corrected chi connectivity index (χ1v) is 13.3.